The first-order valence-electron chi connectivity index (χ1n) is 12.8. The van der Waals surface area contributed by atoms with Gasteiger partial charge in [-0.25, -0.2) is 4.79 Å². The molecule has 5 rings (SSSR count). The summed E-state index contributed by atoms with van der Waals surface area (Å²) in [6, 6.07) is 20.1. The second-order valence-electron chi connectivity index (χ2n) is 9.77. The monoisotopic (exact) mass is 575 g/mol. The number of halogens is 4. The molecule has 7 nitrogen and oxygen atoms in total. The molecule has 41 heavy (non-hydrogen) atoms. The van der Waals surface area contributed by atoms with Crippen LogP contribution in [0.4, 0.5) is 17.6 Å². The van der Waals surface area contributed by atoms with Crippen LogP contribution in [0.15, 0.2) is 66.7 Å². The average molecular weight is 576 g/mol. The zero-order chi connectivity index (χ0) is 29.7. The zero-order valence-electron chi connectivity index (χ0n) is 22.1. The van der Waals surface area contributed by atoms with Crippen molar-refractivity contribution in [2.75, 3.05) is 32.9 Å². The fourth-order valence-corrected chi connectivity index (χ4v) is 4.71. The summed E-state index contributed by atoms with van der Waals surface area (Å²) in [4.78, 5) is 11.1. The lowest BCUT2D eigenvalue weighted by molar-refractivity contribution is -0.192. The van der Waals surface area contributed by atoms with Crippen molar-refractivity contribution in [2.45, 2.75) is 19.2 Å². The predicted molar refractivity (Wildman–Crippen MR) is 144 cm³/mol. The molecule has 0 radical (unpaired) electrons. The summed E-state index contributed by atoms with van der Waals surface area (Å²) in [5.74, 6) is -0.747. The summed E-state index contributed by atoms with van der Waals surface area (Å²) in [6.45, 7) is 4.72. The summed E-state index contributed by atoms with van der Waals surface area (Å²) in [5.41, 5.74) is 4.56. The van der Waals surface area contributed by atoms with Crippen LogP contribution in [0.1, 0.15) is 29.7 Å². The molecule has 1 saturated heterocycles. The molecule has 0 saturated carbocycles. The lowest BCUT2D eigenvalue weighted by Crippen LogP contribution is -2.49. The number of carboxylic acid groups (broad SMARTS) is 1. The molecule has 1 fully saturated rings. The number of nitrogens with zero attached hydrogens (tertiary/aromatic N) is 1. The summed E-state index contributed by atoms with van der Waals surface area (Å²) >= 11 is 0. The molecule has 3 aromatic carbocycles. The lowest BCUT2D eigenvalue weighted by Gasteiger charge is -2.37. The Bertz CT molecular complexity index is 1400. The van der Waals surface area contributed by atoms with Gasteiger partial charge in [0.25, 0.3) is 0 Å². The van der Waals surface area contributed by atoms with Gasteiger partial charge < -0.3 is 24.8 Å². The molecular formula is C30H29F4NO6. The summed E-state index contributed by atoms with van der Waals surface area (Å²) in [7, 11) is 0. The fourth-order valence-electron chi connectivity index (χ4n) is 4.71. The lowest BCUT2D eigenvalue weighted by atomic mass is 9.86. The smallest absolute Gasteiger partial charge is 0.490 e. The van der Waals surface area contributed by atoms with Crippen molar-refractivity contribution in [3.8, 4) is 23.0 Å². The van der Waals surface area contributed by atoms with Gasteiger partial charge in [0.15, 0.2) is 0 Å². The third-order valence-corrected chi connectivity index (χ3v) is 6.79. The Morgan fingerprint density at radius 3 is 2.29 bits per heavy atom. The third-order valence-electron chi connectivity index (χ3n) is 6.79. The normalized spacial score (nSPS) is 17.0. The standard InChI is InChI=1S/C28H28FNO4.C2HF3O2/c1-18-25-14-23(32)7-10-26(25)34-28(27(18)21-3-2-4-22(31)13-21)20-5-8-24(9-6-20)33-12-11-30-16-19(15-29)17-30;3-2(4,5)1(6)7/h2-10,13-14,19,28,31-32H,11-12,15-17H2,1H3;(H,6,7)/t28-;/m0./s1. The highest BCUT2D eigenvalue weighted by molar-refractivity contribution is 5.95. The molecule has 0 aromatic heterocycles. The Labute approximate surface area is 233 Å². The van der Waals surface area contributed by atoms with E-state index < -0.39 is 12.1 Å². The van der Waals surface area contributed by atoms with E-state index in [2.05, 4.69) is 4.90 Å². The van der Waals surface area contributed by atoms with Crippen molar-refractivity contribution < 1.29 is 47.1 Å². The minimum Gasteiger partial charge on any atom is -0.508 e. The Morgan fingerprint density at radius 1 is 1.02 bits per heavy atom. The number of aromatic hydroxyl groups is 2. The largest absolute Gasteiger partial charge is 0.508 e. The van der Waals surface area contributed by atoms with Gasteiger partial charge in [-0.05, 0) is 66.1 Å². The van der Waals surface area contributed by atoms with Crippen LogP contribution in [0.5, 0.6) is 23.0 Å². The predicted octanol–water partition coefficient (Wildman–Crippen LogP) is 6.08. The number of fused-ring (bicyclic) bond motifs is 1. The number of aliphatic carboxylic acids is 1. The van der Waals surface area contributed by atoms with E-state index in [-0.39, 0.29) is 30.2 Å². The van der Waals surface area contributed by atoms with Crippen LogP contribution in [0.25, 0.3) is 11.1 Å². The van der Waals surface area contributed by atoms with E-state index in [0.29, 0.717) is 12.4 Å². The van der Waals surface area contributed by atoms with Crippen LogP contribution in [0, 0.1) is 5.92 Å². The number of carboxylic acids is 1. The second kappa shape index (κ2) is 12.5. The zero-order valence-corrected chi connectivity index (χ0v) is 22.1. The Morgan fingerprint density at radius 2 is 1.68 bits per heavy atom. The van der Waals surface area contributed by atoms with Gasteiger partial charge in [-0.1, -0.05) is 24.3 Å². The van der Waals surface area contributed by atoms with Crippen LogP contribution < -0.4 is 9.47 Å². The molecule has 0 unspecified atom stereocenters. The quantitative estimate of drug-likeness (QED) is 0.294. The Hall–Kier alpha value is -4.25. The number of ether oxygens (including phenoxy) is 2. The van der Waals surface area contributed by atoms with E-state index >= 15 is 0 Å². The Kier molecular flexibility index (Phi) is 9.07. The maximum absolute atomic E-state index is 12.6. The van der Waals surface area contributed by atoms with Crippen LogP contribution >= 0.6 is 0 Å². The average Bonchev–Trinajstić information content (AvgIpc) is 2.90. The maximum atomic E-state index is 12.6. The van der Waals surface area contributed by atoms with Crippen LogP contribution in [0.3, 0.4) is 0 Å². The topological polar surface area (TPSA) is 99.5 Å². The van der Waals surface area contributed by atoms with Gasteiger partial charge in [-0.2, -0.15) is 13.2 Å². The van der Waals surface area contributed by atoms with Crippen LogP contribution in [-0.4, -0.2) is 65.3 Å². The summed E-state index contributed by atoms with van der Waals surface area (Å²) in [5, 5.41) is 27.2. The van der Waals surface area contributed by atoms with Gasteiger partial charge in [0.05, 0.1) is 6.67 Å². The number of hydrogen-bond donors (Lipinski definition) is 3. The molecule has 3 N–H and O–H groups in total. The van der Waals surface area contributed by atoms with Gasteiger partial charge >= 0.3 is 12.1 Å². The molecule has 3 aromatic rings. The molecule has 1 atom stereocenters. The number of hydrogen-bond acceptors (Lipinski definition) is 6. The molecule has 0 bridgehead atoms. The summed E-state index contributed by atoms with van der Waals surface area (Å²) in [6.07, 6.45) is -5.47. The Balaban J connectivity index is 0.000000493. The van der Waals surface area contributed by atoms with Crippen LogP contribution in [0.2, 0.25) is 0 Å². The first kappa shape index (κ1) is 29.7. The highest BCUT2D eigenvalue weighted by Crippen LogP contribution is 2.47. The van der Waals surface area contributed by atoms with E-state index in [1.807, 2.05) is 43.3 Å². The van der Waals surface area contributed by atoms with Crippen molar-refractivity contribution in [1.82, 2.24) is 4.90 Å². The van der Waals surface area contributed by atoms with Crippen molar-refractivity contribution in [3.63, 3.8) is 0 Å². The molecule has 0 spiro atoms. The second-order valence-corrected chi connectivity index (χ2v) is 9.77. The van der Waals surface area contributed by atoms with Crippen LogP contribution in [-0.2, 0) is 4.79 Å². The number of alkyl halides is 4. The van der Waals surface area contributed by atoms with Crippen molar-refractivity contribution in [2.24, 2.45) is 5.92 Å². The number of allylic oxidation sites excluding steroid dienone is 1. The van der Waals surface area contributed by atoms with Crippen molar-refractivity contribution >= 4 is 17.1 Å². The maximum Gasteiger partial charge on any atom is 0.490 e. The van der Waals surface area contributed by atoms with Crippen molar-refractivity contribution in [3.05, 3.63) is 83.4 Å². The van der Waals surface area contributed by atoms with Gasteiger partial charge in [-0.3, -0.25) is 9.29 Å². The number of benzene rings is 3. The third kappa shape index (κ3) is 7.29. The molecular weight excluding hydrogens is 546 g/mol. The first-order chi connectivity index (χ1) is 19.5. The van der Waals surface area contributed by atoms with Gasteiger partial charge in [-0.15, -0.1) is 0 Å². The molecule has 0 amide bonds. The SMILES string of the molecule is CC1=C(c2cccc(O)c2)[C@H](c2ccc(OCCN3CC(CF)C3)cc2)Oc2ccc(O)cc21.O=C(O)C(F)(F)F. The van der Waals surface area contributed by atoms with E-state index in [1.165, 1.54) is 0 Å². The van der Waals surface area contributed by atoms with Gasteiger partial charge in [0.2, 0.25) is 0 Å². The number of phenols is 2. The number of rotatable bonds is 7. The number of carbonyl (C=O) groups is 1. The molecule has 0 aliphatic carbocycles. The van der Waals surface area contributed by atoms with Crippen molar-refractivity contribution in [1.29, 1.82) is 0 Å². The molecule has 11 heteroatoms. The fraction of sp³-hybridized carbons (Fsp3) is 0.300. The van der Waals surface area contributed by atoms with Gasteiger partial charge in [0.1, 0.15) is 35.7 Å². The first-order valence-corrected chi connectivity index (χ1v) is 12.8. The highest BCUT2D eigenvalue weighted by Gasteiger charge is 2.38. The molecule has 218 valence electrons. The highest BCUT2D eigenvalue weighted by atomic mass is 19.4. The molecule has 2 aliphatic rings. The molecule has 2 aliphatic heterocycles. The van der Waals surface area contributed by atoms with E-state index in [4.69, 9.17) is 19.4 Å². The number of likely N-dealkylation sites (tertiary alicyclic amines) is 1. The molecule has 2 heterocycles. The minimum atomic E-state index is -5.08. The van der Waals surface area contributed by atoms with Gasteiger partial charge in [0, 0.05) is 36.7 Å². The van der Waals surface area contributed by atoms with E-state index in [0.717, 1.165) is 53.2 Å². The van der Waals surface area contributed by atoms with E-state index in [1.54, 1.807) is 30.3 Å². The van der Waals surface area contributed by atoms with E-state index in [9.17, 15) is 27.8 Å². The minimum absolute atomic E-state index is 0.176. The summed E-state index contributed by atoms with van der Waals surface area (Å²) < 4.78 is 56.6. The number of phenolic OH excluding ortho intramolecular Hbond substituents is 2.